The van der Waals surface area contributed by atoms with Crippen molar-refractivity contribution in [2.24, 2.45) is 5.92 Å². The lowest BCUT2D eigenvalue weighted by Crippen LogP contribution is -2.24. The third kappa shape index (κ3) is 3.93. The molecule has 1 heterocycles. The van der Waals surface area contributed by atoms with Gasteiger partial charge in [-0.15, -0.1) is 0 Å². The molecule has 1 N–H and O–H groups in total. The van der Waals surface area contributed by atoms with E-state index in [-0.39, 0.29) is 0 Å². The van der Waals surface area contributed by atoms with Gasteiger partial charge in [-0.1, -0.05) is 20.8 Å². The van der Waals surface area contributed by atoms with Crippen molar-refractivity contribution in [3.63, 3.8) is 0 Å². The molecule has 0 spiro atoms. The van der Waals surface area contributed by atoms with Crippen molar-refractivity contribution in [2.75, 3.05) is 6.54 Å². The van der Waals surface area contributed by atoms with Crippen molar-refractivity contribution < 1.29 is 0 Å². The van der Waals surface area contributed by atoms with Crippen LogP contribution in [0.5, 0.6) is 0 Å². The van der Waals surface area contributed by atoms with Crippen LogP contribution in [0.2, 0.25) is 0 Å². The van der Waals surface area contributed by atoms with Crippen molar-refractivity contribution in [3.05, 3.63) is 29.6 Å². The van der Waals surface area contributed by atoms with E-state index < -0.39 is 0 Å². The first kappa shape index (κ1) is 13.2. The van der Waals surface area contributed by atoms with Gasteiger partial charge in [-0.2, -0.15) is 0 Å². The monoisotopic (exact) mass is 220 g/mol. The zero-order valence-corrected chi connectivity index (χ0v) is 11.0. The molecular formula is C14H24N2. The average molecular weight is 220 g/mol. The van der Waals surface area contributed by atoms with Gasteiger partial charge in [0.05, 0.1) is 0 Å². The van der Waals surface area contributed by atoms with Crippen molar-refractivity contribution >= 4 is 0 Å². The summed E-state index contributed by atoms with van der Waals surface area (Å²) in [5.41, 5.74) is 2.69. The summed E-state index contributed by atoms with van der Waals surface area (Å²) in [5, 5.41) is 3.62. The predicted octanol–water partition coefficient (Wildman–Crippen LogP) is 3.48. The Balaban J connectivity index is 2.78. The Bertz CT molecular complexity index is 307. The molecule has 0 fully saturated rings. The van der Waals surface area contributed by atoms with Gasteiger partial charge in [0.1, 0.15) is 0 Å². The third-order valence-electron chi connectivity index (χ3n) is 2.80. The summed E-state index contributed by atoms with van der Waals surface area (Å²) >= 11 is 0. The van der Waals surface area contributed by atoms with E-state index in [9.17, 15) is 0 Å². The first-order valence-corrected chi connectivity index (χ1v) is 6.29. The summed E-state index contributed by atoms with van der Waals surface area (Å²) in [7, 11) is 0. The second-order valence-electron chi connectivity index (χ2n) is 4.87. The molecule has 2 nitrogen and oxygen atoms in total. The molecule has 1 unspecified atom stereocenters. The molecule has 16 heavy (non-hydrogen) atoms. The number of rotatable bonds is 6. The molecule has 1 rings (SSSR count). The van der Waals surface area contributed by atoms with Crippen LogP contribution in [0.1, 0.15) is 50.8 Å². The highest BCUT2D eigenvalue weighted by Gasteiger charge is 2.14. The van der Waals surface area contributed by atoms with E-state index in [1.807, 2.05) is 12.4 Å². The summed E-state index contributed by atoms with van der Waals surface area (Å²) < 4.78 is 0. The fraction of sp³-hybridized carbons (Fsp3) is 0.643. The highest BCUT2D eigenvalue weighted by Crippen LogP contribution is 2.23. The highest BCUT2D eigenvalue weighted by atomic mass is 14.9. The summed E-state index contributed by atoms with van der Waals surface area (Å²) in [6.07, 6.45) is 6.22. The Hall–Kier alpha value is -0.890. The molecule has 0 saturated heterocycles. The first-order chi connectivity index (χ1) is 7.65. The summed E-state index contributed by atoms with van der Waals surface area (Å²) in [6.45, 7) is 9.98. The molecule has 0 aliphatic heterocycles. The van der Waals surface area contributed by atoms with Gasteiger partial charge in [0, 0.05) is 18.4 Å². The number of aromatic nitrogens is 1. The molecule has 0 aliphatic carbocycles. The molecular weight excluding hydrogens is 196 g/mol. The number of hydrogen-bond acceptors (Lipinski definition) is 2. The summed E-state index contributed by atoms with van der Waals surface area (Å²) in [5.74, 6) is 0.703. The molecule has 1 atom stereocenters. The Labute approximate surface area is 99.5 Å². The normalized spacial score (nSPS) is 13.1. The summed E-state index contributed by atoms with van der Waals surface area (Å²) in [6, 6.07) is 2.55. The minimum absolute atomic E-state index is 0.452. The van der Waals surface area contributed by atoms with Crippen molar-refractivity contribution in [2.45, 2.75) is 46.6 Å². The standard InChI is InChI=1S/C14H24N2/c1-5-7-16-14(9-11(2)3)13-10-15-8-6-12(13)4/h6,8,10-11,14,16H,5,7,9H2,1-4H3. The number of pyridine rings is 1. The maximum atomic E-state index is 4.24. The lowest BCUT2D eigenvalue weighted by atomic mass is 9.95. The molecule has 0 radical (unpaired) electrons. The van der Waals surface area contributed by atoms with Crippen LogP contribution in [0, 0.1) is 12.8 Å². The second-order valence-corrected chi connectivity index (χ2v) is 4.87. The van der Waals surface area contributed by atoms with E-state index in [2.05, 4.69) is 44.1 Å². The molecule has 0 aliphatic rings. The number of hydrogen-bond donors (Lipinski definition) is 1. The molecule has 0 saturated carbocycles. The number of aryl methyl sites for hydroxylation is 1. The van der Waals surface area contributed by atoms with Crippen LogP contribution < -0.4 is 5.32 Å². The zero-order valence-electron chi connectivity index (χ0n) is 11.0. The second kappa shape index (κ2) is 6.64. The quantitative estimate of drug-likeness (QED) is 0.794. The Morgan fingerprint density at radius 2 is 2.12 bits per heavy atom. The van der Waals surface area contributed by atoms with E-state index in [0.717, 1.165) is 6.54 Å². The van der Waals surface area contributed by atoms with E-state index in [4.69, 9.17) is 0 Å². The van der Waals surface area contributed by atoms with Gasteiger partial charge >= 0.3 is 0 Å². The molecule has 0 bridgehead atoms. The Kier molecular flexibility index (Phi) is 5.47. The highest BCUT2D eigenvalue weighted by molar-refractivity contribution is 5.25. The fourth-order valence-electron chi connectivity index (χ4n) is 1.95. The Morgan fingerprint density at radius 1 is 1.38 bits per heavy atom. The molecule has 0 amide bonds. The van der Waals surface area contributed by atoms with Gasteiger partial charge in [-0.25, -0.2) is 0 Å². The largest absolute Gasteiger partial charge is 0.310 e. The topological polar surface area (TPSA) is 24.9 Å². The van der Waals surface area contributed by atoms with Crippen LogP contribution in [0.15, 0.2) is 18.5 Å². The molecule has 1 aromatic rings. The maximum absolute atomic E-state index is 4.24. The predicted molar refractivity (Wildman–Crippen MR) is 69.5 cm³/mol. The lowest BCUT2D eigenvalue weighted by Gasteiger charge is -2.22. The minimum atomic E-state index is 0.452. The average Bonchev–Trinajstić information content (AvgIpc) is 2.24. The van der Waals surface area contributed by atoms with Crippen LogP contribution in [0.25, 0.3) is 0 Å². The molecule has 90 valence electrons. The molecule has 2 heteroatoms. The van der Waals surface area contributed by atoms with Gasteiger partial charge < -0.3 is 5.32 Å². The van der Waals surface area contributed by atoms with Gasteiger partial charge in [0.2, 0.25) is 0 Å². The van der Waals surface area contributed by atoms with Crippen LogP contribution >= 0.6 is 0 Å². The molecule has 1 aromatic heterocycles. The van der Waals surface area contributed by atoms with Gasteiger partial charge in [0.15, 0.2) is 0 Å². The van der Waals surface area contributed by atoms with Crippen molar-refractivity contribution in [1.29, 1.82) is 0 Å². The smallest absolute Gasteiger partial charge is 0.0340 e. The van der Waals surface area contributed by atoms with E-state index in [1.54, 1.807) is 0 Å². The molecule has 0 aromatic carbocycles. The van der Waals surface area contributed by atoms with Crippen LogP contribution in [0.3, 0.4) is 0 Å². The van der Waals surface area contributed by atoms with Crippen molar-refractivity contribution in [3.8, 4) is 0 Å². The van der Waals surface area contributed by atoms with E-state index in [1.165, 1.54) is 24.0 Å². The van der Waals surface area contributed by atoms with Crippen LogP contribution in [-0.4, -0.2) is 11.5 Å². The number of nitrogens with one attached hydrogen (secondary N) is 1. The Morgan fingerprint density at radius 3 is 2.69 bits per heavy atom. The van der Waals surface area contributed by atoms with Gasteiger partial charge in [-0.3, -0.25) is 4.98 Å². The third-order valence-corrected chi connectivity index (χ3v) is 2.80. The van der Waals surface area contributed by atoms with Crippen LogP contribution in [-0.2, 0) is 0 Å². The van der Waals surface area contributed by atoms with Gasteiger partial charge in [-0.05, 0) is 49.4 Å². The zero-order chi connectivity index (χ0) is 12.0. The lowest BCUT2D eigenvalue weighted by molar-refractivity contribution is 0.428. The van der Waals surface area contributed by atoms with Gasteiger partial charge in [0.25, 0.3) is 0 Å². The number of nitrogens with zero attached hydrogens (tertiary/aromatic N) is 1. The fourth-order valence-corrected chi connectivity index (χ4v) is 1.95. The summed E-state index contributed by atoms with van der Waals surface area (Å²) in [4.78, 5) is 4.24. The SMILES string of the molecule is CCCNC(CC(C)C)c1cnccc1C. The minimum Gasteiger partial charge on any atom is -0.310 e. The van der Waals surface area contributed by atoms with Crippen molar-refractivity contribution in [1.82, 2.24) is 10.3 Å². The maximum Gasteiger partial charge on any atom is 0.0340 e. The van der Waals surface area contributed by atoms with E-state index in [0.29, 0.717) is 12.0 Å². The van der Waals surface area contributed by atoms with Crippen LogP contribution in [0.4, 0.5) is 0 Å². The first-order valence-electron chi connectivity index (χ1n) is 6.29. The van der Waals surface area contributed by atoms with E-state index >= 15 is 0 Å².